The molecule has 0 aromatic carbocycles. The van der Waals surface area contributed by atoms with Gasteiger partial charge in [-0.15, -0.1) is 24.0 Å². The van der Waals surface area contributed by atoms with Crippen molar-refractivity contribution in [3.63, 3.8) is 0 Å². The molecule has 0 aliphatic carbocycles. The number of hydrogen-bond donors (Lipinski definition) is 2. The van der Waals surface area contributed by atoms with Gasteiger partial charge in [-0.05, 0) is 25.7 Å². The third-order valence-corrected chi connectivity index (χ3v) is 2.77. The summed E-state index contributed by atoms with van der Waals surface area (Å²) < 4.78 is 1.80. The largest absolute Gasteiger partial charge is 0.357 e. The third kappa shape index (κ3) is 8.39. The normalized spacial score (nSPS) is 11.3. The molecule has 0 atom stereocenters. The Kier molecular flexibility index (Phi) is 10.5. The van der Waals surface area contributed by atoms with Crippen molar-refractivity contribution in [3.05, 3.63) is 18.0 Å². The van der Waals surface area contributed by atoms with Gasteiger partial charge in [-0.25, -0.2) is 4.99 Å². The molecule has 0 spiro atoms. The van der Waals surface area contributed by atoms with E-state index in [4.69, 9.17) is 0 Å². The van der Waals surface area contributed by atoms with Crippen molar-refractivity contribution >= 4 is 29.9 Å². The van der Waals surface area contributed by atoms with Gasteiger partial charge in [0.15, 0.2) is 5.96 Å². The standard InChI is InChI=1S/C14H27N5.HI/c1-5-15-14(16-8-6-7-12(2)3)17-9-13-10-18-19(4)11-13;/h10-12H,5-9H2,1-4H3,(H2,15,16,17);1H. The minimum Gasteiger partial charge on any atom is -0.357 e. The van der Waals surface area contributed by atoms with Gasteiger partial charge in [0.1, 0.15) is 0 Å². The Morgan fingerprint density at radius 2 is 2.15 bits per heavy atom. The molecule has 0 bridgehead atoms. The molecular formula is C14H28IN5. The Hall–Kier alpha value is -0.790. The molecule has 0 saturated carbocycles. The Morgan fingerprint density at radius 1 is 1.40 bits per heavy atom. The lowest BCUT2D eigenvalue weighted by Gasteiger charge is -2.11. The van der Waals surface area contributed by atoms with Gasteiger partial charge in [0.2, 0.25) is 0 Å². The van der Waals surface area contributed by atoms with Crippen molar-refractivity contribution in [1.82, 2.24) is 20.4 Å². The number of nitrogens with zero attached hydrogens (tertiary/aromatic N) is 3. The van der Waals surface area contributed by atoms with Crippen LogP contribution in [0.15, 0.2) is 17.4 Å². The number of nitrogens with one attached hydrogen (secondary N) is 2. The van der Waals surface area contributed by atoms with Crippen LogP contribution in [0.3, 0.4) is 0 Å². The summed E-state index contributed by atoms with van der Waals surface area (Å²) in [4.78, 5) is 4.55. The van der Waals surface area contributed by atoms with Crippen LogP contribution in [-0.4, -0.2) is 28.8 Å². The molecular weight excluding hydrogens is 365 g/mol. The van der Waals surface area contributed by atoms with Gasteiger partial charge in [0.25, 0.3) is 0 Å². The average molecular weight is 393 g/mol. The van der Waals surface area contributed by atoms with Gasteiger partial charge in [-0.2, -0.15) is 5.10 Å². The summed E-state index contributed by atoms with van der Waals surface area (Å²) >= 11 is 0. The summed E-state index contributed by atoms with van der Waals surface area (Å²) in [6, 6.07) is 0. The van der Waals surface area contributed by atoms with Crippen LogP contribution < -0.4 is 10.6 Å². The first-order valence-electron chi connectivity index (χ1n) is 7.11. The van der Waals surface area contributed by atoms with Gasteiger partial charge in [0.05, 0.1) is 12.7 Å². The number of halogens is 1. The van der Waals surface area contributed by atoms with E-state index < -0.39 is 0 Å². The van der Waals surface area contributed by atoms with Crippen LogP contribution in [0.25, 0.3) is 0 Å². The molecule has 116 valence electrons. The molecule has 0 aliphatic rings. The zero-order valence-electron chi connectivity index (χ0n) is 13.0. The molecule has 0 radical (unpaired) electrons. The average Bonchev–Trinajstić information content (AvgIpc) is 2.77. The Morgan fingerprint density at radius 3 is 2.70 bits per heavy atom. The van der Waals surface area contributed by atoms with Crippen LogP contribution in [0.1, 0.15) is 39.2 Å². The molecule has 5 nitrogen and oxygen atoms in total. The van der Waals surface area contributed by atoms with Crippen LogP contribution in [0.2, 0.25) is 0 Å². The van der Waals surface area contributed by atoms with Gasteiger partial charge in [-0.1, -0.05) is 13.8 Å². The van der Waals surface area contributed by atoms with Crippen LogP contribution in [0.4, 0.5) is 0 Å². The van der Waals surface area contributed by atoms with Crippen LogP contribution in [-0.2, 0) is 13.6 Å². The van der Waals surface area contributed by atoms with E-state index in [-0.39, 0.29) is 24.0 Å². The number of aromatic nitrogens is 2. The second kappa shape index (κ2) is 10.9. The van der Waals surface area contributed by atoms with E-state index in [1.807, 2.05) is 19.4 Å². The fourth-order valence-corrected chi connectivity index (χ4v) is 1.78. The van der Waals surface area contributed by atoms with Crippen molar-refractivity contribution in [2.24, 2.45) is 18.0 Å². The summed E-state index contributed by atoms with van der Waals surface area (Å²) in [6.07, 6.45) is 6.27. The molecule has 1 rings (SSSR count). The van der Waals surface area contributed by atoms with Gasteiger partial charge in [0, 0.05) is 31.9 Å². The van der Waals surface area contributed by atoms with E-state index in [0.717, 1.165) is 30.5 Å². The molecule has 20 heavy (non-hydrogen) atoms. The highest BCUT2D eigenvalue weighted by Gasteiger charge is 1.99. The maximum atomic E-state index is 4.55. The summed E-state index contributed by atoms with van der Waals surface area (Å²) in [5.41, 5.74) is 1.13. The molecule has 1 heterocycles. The monoisotopic (exact) mass is 393 g/mol. The fraction of sp³-hybridized carbons (Fsp3) is 0.714. The molecule has 6 heteroatoms. The lowest BCUT2D eigenvalue weighted by Crippen LogP contribution is -2.37. The minimum atomic E-state index is 0. The van der Waals surface area contributed by atoms with Gasteiger partial charge < -0.3 is 10.6 Å². The number of hydrogen-bond acceptors (Lipinski definition) is 2. The first-order chi connectivity index (χ1) is 9.11. The molecule has 1 aromatic rings. The molecule has 2 N–H and O–H groups in total. The van der Waals surface area contributed by atoms with Crippen LogP contribution in [0.5, 0.6) is 0 Å². The van der Waals surface area contributed by atoms with Crippen molar-refractivity contribution in [2.75, 3.05) is 13.1 Å². The first-order valence-corrected chi connectivity index (χ1v) is 7.11. The van der Waals surface area contributed by atoms with Crippen molar-refractivity contribution in [3.8, 4) is 0 Å². The maximum absolute atomic E-state index is 4.55. The molecule has 0 amide bonds. The lowest BCUT2D eigenvalue weighted by molar-refractivity contribution is 0.549. The minimum absolute atomic E-state index is 0. The van der Waals surface area contributed by atoms with E-state index in [2.05, 4.69) is 41.5 Å². The lowest BCUT2D eigenvalue weighted by atomic mass is 10.1. The Labute approximate surface area is 139 Å². The van der Waals surface area contributed by atoms with Crippen molar-refractivity contribution in [1.29, 1.82) is 0 Å². The third-order valence-electron chi connectivity index (χ3n) is 2.77. The number of aryl methyl sites for hydroxylation is 1. The second-order valence-electron chi connectivity index (χ2n) is 5.18. The van der Waals surface area contributed by atoms with E-state index in [1.165, 1.54) is 12.8 Å². The van der Waals surface area contributed by atoms with Crippen LogP contribution >= 0.6 is 24.0 Å². The summed E-state index contributed by atoms with van der Waals surface area (Å²) in [7, 11) is 1.92. The summed E-state index contributed by atoms with van der Waals surface area (Å²) in [5, 5.41) is 10.8. The Bertz CT molecular complexity index is 387. The van der Waals surface area contributed by atoms with E-state index >= 15 is 0 Å². The smallest absolute Gasteiger partial charge is 0.191 e. The summed E-state index contributed by atoms with van der Waals surface area (Å²) in [6.45, 7) is 9.09. The molecule has 0 aliphatic heterocycles. The summed E-state index contributed by atoms with van der Waals surface area (Å²) in [5.74, 6) is 1.65. The molecule has 0 fully saturated rings. The quantitative estimate of drug-likeness (QED) is 0.324. The maximum Gasteiger partial charge on any atom is 0.191 e. The zero-order valence-corrected chi connectivity index (χ0v) is 15.3. The second-order valence-corrected chi connectivity index (χ2v) is 5.18. The van der Waals surface area contributed by atoms with Gasteiger partial charge in [-0.3, -0.25) is 4.68 Å². The zero-order chi connectivity index (χ0) is 14.1. The molecule has 0 unspecified atom stereocenters. The Balaban J connectivity index is 0.00000361. The molecule has 0 saturated heterocycles. The van der Waals surface area contributed by atoms with Gasteiger partial charge >= 0.3 is 0 Å². The highest BCUT2D eigenvalue weighted by molar-refractivity contribution is 14.0. The van der Waals surface area contributed by atoms with E-state index in [0.29, 0.717) is 6.54 Å². The predicted molar refractivity (Wildman–Crippen MR) is 95.5 cm³/mol. The van der Waals surface area contributed by atoms with Crippen LogP contribution in [0, 0.1) is 5.92 Å². The van der Waals surface area contributed by atoms with E-state index in [9.17, 15) is 0 Å². The SMILES string of the molecule is CCNC(=NCc1cnn(C)c1)NCCCC(C)C.I. The fourth-order valence-electron chi connectivity index (χ4n) is 1.78. The first kappa shape index (κ1) is 19.2. The van der Waals surface area contributed by atoms with Crippen molar-refractivity contribution < 1.29 is 0 Å². The highest BCUT2D eigenvalue weighted by Crippen LogP contribution is 2.02. The highest BCUT2D eigenvalue weighted by atomic mass is 127. The number of rotatable bonds is 7. The van der Waals surface area contributed by atoms with E-state index in [1.54, 1.807) is 4.68 Å². The topological polar surface area (TPSA) is 54.2 Å². The molecule has 1 aromatic heterocycles. The van der Waals surface area contributed by atoms with Crippen molar-refractivity contribution in [2.45, 2.75) is 40.2 Å². The number of aliphatic imine (C=N–C) groups is 1. The predicted octanol–water partition coefficient (Wildman–Crippen LogP) is 2.53. The number of guanidine groups is 1.